The van der Waals surface area contributed by atoms with Crippen molar-refractivity contribution in [2.45, 2.75) is 44.7 Å². The van der Waals surface area contributed by atoms with Crippen LogP contribution in [0.2, 0.25) is 0 Å². The minimum atomic E-state index is -0.0938. The molecular formula is C23H24N6O2. The second-order valence-corrected chi connectivity index (χ2v) is 8.34. The average molecular weight is 416 g/mol. The molecule has 1 amide bonds. The summed E-state index contributed by atoms with van der Waals surface area (Å²) in [4.78, 5) is 27.6. The Morgan fingerprint density at radius 2 is 2.03 bits per heavy atom. The Hall–Kier alpha value is -3.31. The second kappa shape index (κ2) is 8.44. The third kappa shape index (κ3) is 3.89. The molecule has 0 unspecified atom stereocenters. The lowest BCUT2D eigenvalue weighted by molar-refractivity contribution is -0.183. The fourth-order valence-electron chi connectivity index (χ4n) is 4.71. The molecule has 0 radical (unpaired) electrons. The molecule has 8 heteroatoms. The van der Waals surface area contributed by atoms with Crippen LogP contribution in [0.5, 0.6) is 0 Å². The SMILES string of the molecule is N#Cc1cnc2cnn(C[C@H]3CC[C@H](C(=O)N4OCC[C@H]4c4ccccn4)CC3)c2c1. The minimum Gasteiger partial charge on any atom is -0.272 e. The van der Waals surface area contributed by atoms with Gasteiger partial charge < -0.3 is 0 Å². The molecule has 0 aromatic carbocycles. The van der Waals surface area contributed by atoms with Gasteiger partial charge >= 0.3 is 0 Å². The van der Waals surface area contributed by atoms with Gasteiger partial charge in [0.25, 0.3) is 0 Å². The summed E-state index contributed by atoms with van der Waals surface area (Å²) in [5.41, 5.74) is 3.12. The Morgan fingerprint density at radius 3 is 2.81 bits per heavy atom. The Labute approximate surface area is 180 Å². The summed E-state index contributed by atoms with van der Waals surface area (Å²) >= 11 is 0. The maximum Gasteiger partial charge on any atom is 0.249 e. The number of hydroxylamine groups is 2. The smallest absolute Gasteiger partial charge is 0.249 e. The number of aromatic nitrogens is 4. The Morgan fingerprint density at radius 1 is 1.16 bits per heavy atom. The average Bonchev–Trinajstić information content (AvgIpc) is 3.47. The van der Waals surface area contributed by atoms with Crippen LogP contribution in [0.25, 0.3) is 11.0 Å². The van der Waals surface area contributed by atoms with E-state index in [0.29, 0.717) is 18.1 Å². The van der Waals surface area contributed by atoms with E-state index in [-0.39, 0.29) is 17.9 Å². The molecule has 1 saturated carbocycles. The zero-order valence-electron chi connectivity index (χ0n) is 17.2. The molecule has 0 bridgehead atoms. The highest BCUT2D eigenvalue weighted by molar-refractivity contribution is 5.78. The Balaban J connectivity index is 1.22. The Kier molecular flexibility index (Phi) is 5.35. The van der Waals surface area contributed by atoms with E-state index in [1.807, 2.05) is 28.9 Å². The van der Waals surface area contributed by atoms with E-state index < -0.39 is 0 Å². The number of hydrogen-bond acceptors (Lipinski definition) is 6. The first-order valence-corrected chi connectivity index (χ1v) is 10.8. The van der Waals surface area contributed by atoms with Gasteiger partial charge in [0.15, 0.2) is 0 Å². The van der Waals surface area contributed by atoms with Gasteiger partial charge in [-0.1, -0.05) is 6.07 Å². The molecule has 3 aromatic heterocycles. The topological polar surface area (TPSA) is 96.9 Å². The quantitative estimate of drug-likeness (QED) is 0.647. The summed E-state index contributed by atoms with van der Waals surface area (Å²) in [6.07, 6.45) is 9.48. The van der Waals surface area contributed by atoms with Crippen molar-refractivity contribution in [1.82, 2.24) is 24.8 Å². The molecule has 2 fully saturated rings. The predicted molar refractivity (Wildman–Crippen MR) is 112 cm³/mol. The lowest BCUT2D eigenvalue weighted by Gasteiger charge is -2.31. The van der Waals surface area contributed by atoms with Crippen molar-refractivity contribution in [1.29, 1.82) is 5.26 Å². The van der Waals surface area contributed by atoms with E-state index in [0.717, 1.165) is 55.4 Å². The van der Waals surface area contributed by atoms with Crippen LogP contribution in [0.4, 0.5) is 0 Å². The first-order valence-electron chi connectivity index (χ1n) is 10.8. The molecule has 5 rings (SSSR count). The van der Waals surface area contributed by atoms with Crippen LogP contribution in [0.15, 0.2) is 42.9 Å². The molecule has 1 aliphatic heterocycles. The molecule has 0 spiro atoms. The van der Waals surface area contributed by atoms with Gasteiger partial charge in [-0.2, -0.15) is 10.4 Å². The molecule has 158 valence electrons. The normalized spacial score (nSPS) is 23.7. The first kappa shape index (κ1) is 19.6. The number of carbonyl (C=O) groups is 1. The van der Waals surface area contributed by atoms with Gasteiger partial charge in [0.2, 0.25) is 5.91 Å². The monoisotopic (exact) mass is 416 g/mol. The number of carbonyl (C=O) groups excluding carboxylic acids is 1. The molecule has 8 nitrogen and oxygen atoms in total. The van der Waals surface area contributed by atoms with Crippen LogP contribution in [0.1, 0.15) is 49.4 Å². The Bertz CT molecular complexity index is 1110. The van der Waals surface area contributed by atoms with Gasteiger partial charge in [-0.15, -0.1) is 0 Å². The highest BCUT2D eigenvalue weighted by Gasteiger charge is 2.37. The maximum atomic E-state index is 13.2. The number of hydrogen-bond donors (Lipinski definition) is 0. The molecule has 1 atom stereocenters. The number of amides is 1. The third-order valence-electron chi connectivity index (χ3n) is 6.40. The van der Waals surface area contributed by atoms with Gasteiger partial charge in [-0.3, -0.25) is 24.3 Å². The van der Waals surface area contributed by atoms with Crippen molar-refractivity contribution in [3.63, 3.8) is 0 Å². The van der Waals surface area contributed by atoms with E-state index in [1.54, 1.807) is 23.7 Å². The summed E-state index contributed by atoms with van der Waals surface area (Å²) < 4.78 is 1.94. The fourth-order valence-corrected chi connectivity index (χ4v) is 4.71. The van der Waals surface area contributed by atoms with Crippen molar-refractivity contribution >= 4 is 16.9 Å². The number of rotatable bonds is 4. The van der Waals surface area contributed by atoms with Crippen molar-refractivity contribution < 1.29 is 9.63 Å². The van der Waals surface area contributed by atoms with Crippen LogP contribution in [-0.2, 0) is 16.2 Å². The molecule has 0 N–H and O–H groups in total. The molecule has 4 heterocycles. The highest BCUT2D eigenvalue weighted by Crippen LogP contribution is 2.36. The van der Waals surface area contributed by atoms with E-state index in [9.17, 15) is 4.79 Å². The molecule has 1 saturated heterocycles. The molecule has 2 aliphatic rings. The summed E-state index contributed by atoms with van der Waals surface area (Å²) in [5.74, 6) is 0.518. The van der Waals surface area contributed by atoms with E-state index >= 15 is 0 Å². The van der Waals surface area contributed by atoms with Gasteiger partial charge in [-0.25, -0.2) is 5.06 Å². The summed E-state index contributed by atoms with van der Waals surface area (Å²) in [6, 6.07) is 9.67. The van der Waals surface area contributed by atoms with Gasteiger partial charge in [0, 0.05) is 31.3 Å². The second-order valence-electron chi connectivity index (χ2n) is 8.34. The standard InChI is InChI=1S/C23H24N6O2/c24-12-17-11-22-20(26-13-17)14-27-28(22)15-16-4-6-18(7-5-16)23(30)29-21(8-10-31-29)19-3-1-2-9-25-19/h1-3,9,11,13-14,16,18,21H,4-8,10,15H2/t16-,18-,21-/m0/s1. The maximum absolute atomic E-state index is 13.2. The summed E-state index contributed by atoms with van der Waals surface area (Å²) in [7, 11) is 0. The van der Waals surface area contributed by atoms with E-state index in [1.165, 1.54) is 0 Å². The van der Waals surface area contributed by atoms with E-state index in [2.05, 4.69) is 21.1 Å². The lowest BCUT2D eigenvalue weighted by Crippen LogP contribution is -2.37. The van der Waals surface area contributed by atoms with Crippen molar-refractivity contribution in [3.05, 3.63) is 54.1 Å². The number of fused-ring (bicyclic) bond motifs is 1. The van der Waals surface area contributed by atoms with Gasteiger partial charge in [0.05, 0.1) is 29.6 Å². The minimum absolute atomic E-state index is 0.0122. The van der Waals surface area contributed by atoms with Crippen molar-refractivity contribution in [3.8, 4) is 6.07 Å². The largest absolute Gasteiger partial charge is 0.272 e. The zero-order valence-corrected chi connectivity index (χ0v) is 17.2. The predicted octanol–water partition coefficient (Wildman–Crippen LogP) is 3.41. The highest BCUT2D eigenvalue weighted by atomic mass is 16.7. The fraction of sp³-hybridized carbons (Fsp3) is 0.435. The van der Waals surface area contributed by atoms with Crippen LogP contribution in [-0.4, -0.2) is 37.3 Å². The van der Waals surface area contributed by atoms with Crippen molar-refractivity contribution in [2.24, 2.45) is 11.8 Å². The van der Waals surface area contributed by atoms with E-state index in [4.69, 9.17) is 10.1 Å². The number of nitriles is 1. The van der Waals surface area contributed by atoms with Crippen LogP contribution in [0.3, 0.4) is 0 Å². The van der Waals surface area contributed by atoms with Gasteiger partial charge in [0.1, 0.15) is 17.6 Å². The first-order chi connectivity index (χ1) is 15.2. The molecular weight excluding hydrogens is 392 g/mol. The summed E-state index contributed by atoms with van der Waals surface area (Å²) in [6.45, 7) is 1.32. The van der Waals surface area contributed by atoms with Gasteiger partial charge in [-0.05, 0) is 49.8 Å². The molecule has 3 aromatic rings. The van der Waals surface area contributed by atoms with Crippen molar-refractivity contribution in [2.75, 3.05) is 6.61 Å². The number of nitrogens with zero attached hydrogens (tertiary/aromatic N) is 6. The summed E-state index contributed by atoms with van der Waals surface area (Å²) in [5, 5.41) is 15.2. The van der Waals surface area contributed by atoms with Crippen LogP contribution in [0, 0.1) is 23.2 Å². The third-order valence-corrected chi connectivity index (χ3v) is 6.40. The molecule has 1 aliphatic carbocycles. The number of pyridine rings is 2. The van der Waals surface area contributed by atoms with Crippen LogP contribution >= 0.6 is 0 Å². The molecule has 31 heavy (non-hydrogen) atoms. The van der Waals surface area contributed by atoms with Crippen LogP contribution < -0.4 is 0 Å². The lowest BCUT2D eigenvalue weighted by atomic mass is 9.81. The zero-order chi connectivity index (χ0) is 21.2.